The molecule has 1 saturated carbocycles. The quantitative estimate of drug-likeness (QED) is 0.875. The van der Waals surface area contributed by atoms with Gasteiger partial charge < -0.3 is 10.2 Å². The van der Waals surface area contributed by atoms with E-state index in [0.29, 0.717) is 35.9 Å². The Bertz CT molecular complexity index is 862. The Kier molecular flexibility index (Phi) is 4.48. The molecule has 2 aliphatic rings. The molecule has 136 valence electrons. The van der Waals surface area contributed by atoms with Crippen LogP contribution in [0, 0.1) is 5.82 Å². The first kappa shape index (κ1) is 17.1. The average Bonchev–Trinajstić information content (AvgIpc) is 3.31. The highest BCUT2D eigenvalue weighted by Gasteiger charge is 2.34. The lowest BCUT2D eigenvalue weighted by Gasteiger charge is -2.18. The van der Waals surface area contributed by atoms with E-state index < -0.39 is 6.04 Å². The first-order chi connectivity index (χ1) is 12.5. The topological polar surface area (TPSA) is 62.3 Å². The van der Waals surface area contributed by atoms with Crippen LogP contribution in [0.25, 0.3) is 0 Å². The van der Waals surface area contributed by atoms with Crippen LogP contribution in [-0.4, -0.2) is 34.8 Å². The summed E-state index contributed by atoms with van der Waals surface area (Å²) in [5.41, 5.74) is 1.61. The molecule has 2 heterocycles. The number of anilines is 1. The number of rotatable bonds is 5. The van der Waals surface area contributed by atoms with Gasteiger partial charge >= 0.3 is 0 Å². The number of hydrogen-bond donors (Lipinski definition) is 1. The maximum Gasteiger partial charge on any atom is 0.248 e. The third-order valence-corrected chi connectivity index (χ3v) is 6.01. The van der Waals surface area contributed by atoms with Crippen molar-refractivity contribution in [3.63, 3.8) is 0 Å². The number of carbonyl (C=O) groups is 2. The normalized spacial score (nSPS) is 19.8. The van der Waals surface area contributed by atoms with E-state index in [4.69, 9.17) is 0 Å². The fourth-order valence-electron chi connectivity index (χ4n) is 3.33. The van der Waals surface area contributed by atoms with Crippen LogP contribution in [0.5, 0.6) is 0 Å². The summed E-state index contributed by atoms with van der Waals surface area (Å²) in [6, 6.07) is 6.31. The summed E-state index contributed by atoms with van der Waals surface area (Å²) in [6.45, 7) is 0. The number of carbonyl (C=O) groups excluding carboxylic acids is 2. The highest BCUT2D eigenvalue weighted by molar-refractivity contribution is 7.15. The van der Waals surface area contributed by atoms with E-state index >= 15 is 0 Å². The Morgan fingerprint density at radius 3 is 2.77 bits per heavy atom. The van der Waals surface area contributed by atoms with E-state index in [2.05, 4.69) is 10.3 Å². The summed E-state index contributed by atoms with van der Waals surface area (Å²) in [4.78, 5) is 31.2. The molecule has 4 rings (SSSR count). The zero-order valence-electron chi connectivity index (χ0n) is 14.5. The van der Waals surface area contributed by atoms with Gasteiger partial charge in [-0.3, -0.25) is 9.59 Å². The number of aromatic nitrogens is 1. The van der Waals surface area contributed by atoms with E-state index in [9.17, 15) is 14.0 Å². The first-order valence-corrected chi connectivity index (χ1v) is 9.64. The predicted molar refractivity (Wildman–Crippen MR) is 97.7 cm³/mol. The van der Waals surface area contributed by atoms with Gasteiger partial charge in [0.1, 0.15) is 11.9 Å². The standard InChI is InChI=1S/C19H20FN3O2S/c1-23-14(8-9-16(23)24)18(25)22-19-21-17(11-6-7-11)15(26-19)10-12-4-2-3-5-13(12)20/h2-5,11,14H,6-10H2,1H3,(H,21,22,25). The molecule has 1 aromatic carbocycles. The molecular formula is C19H20FN3O2S. The fourth-order valence-corrected chi connectivity index (χ4v) is 4.41. The molecule has 1 aliphatic carbocycles. The minimum atomic E-state index is -0.439. The highest BCUT2D eigenvalue weighted by atomic mass is 32.1. The molecule has 1 N–H and O–H groups in total. The van der Waals surface area contributed by atoms with Crippen molar-refractivity contribution in [2.24, 2.45) is 0 Å². The minimum Gasteiger partial charge on any atom is -0.334 e. The molecular weight excluding hydrogens is 353 g/mol. The largest absolute Gasteiger partial charge is 0.334 e. The van der Waals surface area contributed by atoms with E-state index in [1.165, 1.54) is 22.3 Å². The lowest BCUT2D eigenvalue weighted by Crippen LogP contribution is -2.38. The second kappa shape index (κ2) is 6.79. The third kappa shape index (κ3) is 3.35. The van der Waals surface area contributed by atoms with Crippen molar-refractivity contribution in [2.75, 3.05) is 12.4 Å². The van der Waals surface area contributed by atoms with Crippen molar-refractivity contribution in [3.05, 3.63) is 46.2 Å². The average molecular weight is 373 g/mol. The van der Waals surface area contributed by atoms with Gasteiger partial charge in [0.05, 0.1) is 5.69 Å². The van der Waals surface area contributed by atoms with E-state index in [1.54, 1.807) is 19.2 Å². The zero-order valence-corrected chi connectivity index (χ0v) is 15.3. The van der Waals surface area contributed by atoms with Gasteiger partial charge in [0, 0.05) is 30.7 Å². The number of halogens is 1. The van der Waals surface area contributed by atoms with Gasteiger partial charge in [-0.15, -0.1) is 11.3 Å². The Morgan fingerprint density at radius 1 is 1.35 bits per heavy atom. The van der Waals surface area contributed by atoms with Crippen molar-refractivity contribution in [1.29, 1.82) is 0 Å². The summed E-state index contributed by atoms with van der Waals surface area (Å²) < 4.78 is 14.0. The van der Waals surface area contributed by atoms with Crippen molar-refractivity contribution in [1.82, 2.24) is 9.88 Å². The molecule has 26 heavy (non-hydrogen) atoms. The van der Waals surface area contributed by atoms with Gasteiger partial charge in [-0.2, -0.15) is 0 Å². The molecule has 1 aromatic heterocycles. The second-order valence-electron chi connectivity index (χ2n) is 6.92. The SMILES string of the molecule is CN1C(=O)CCC1C(=O)Nc1nc(C2CC2)c(Cc2ccccc2F)s1. The highest BCUT2D eigenvalue weighted by Crippen LogP contribution is 2.44. The monoisotopic (exact) mass is 373 g/mol. The smallest absolute Gasteiger partial charge is 0.248 e. The van der Waals surface area contributed by atoms with Crippen molar-refractivity contribution < 1.29 is 14.0 Å². The van der Waals surface area contributed by atoms with Crippen molar-refractivity contribution >= 4 is 28.3 Å². The number of nitrogens with one attached hydrogen (secondary N) is 1. The van der Waals surface area contributed by atoms with E-state index in [-0.39, 0.29) is 17.6 Å². The Morgan fingerprint density at radius 2 is 2.12 bits per heavy atom. The Hall–Kier alpha value is -2.28. The maximum atomic E-state index is 14.0. The summed E-state index contributed by atoms with van der Waals surface area (Å²) in [6.07, 6.45) is 3.58. The molecule has 1 atom stereocenters. The van der Waals surface area contributed by atoms with Crippen LogP contribution in [0.3, 0.4) is 0 Å². The van der Waals surface area contributed by atoms with Crippen LogP contribution < -0.4 is 5.32 Å². The number of likely N-dealkylation sites (N-methyl/N-ethyl adjacent to an activating group) is 1. The second-order valence-corrected chi connectivity index (χ2v) is 8.00. The van der Waals surface area contributed by atoms with Crippen molar-refractivity contribution in [2.45, 2.75) is 44.1 Å². The molecule has 1 unspecified atom stereocenters. The maximum absolute atomic E-state index is 14.0. The van der Waals surface area contributed by atoms with Crippen LogP contribution in [0.15, 0.2) is 24.3 Å². The van der Waals surface area contributed by atoms with Crippen LogP contribution in [0.1, 0.15) is 47.7 Å². The molecule has 1 saturated heterocycles. The number of likely N-dealkylation sites (tertiary alicyclic amines) is 1. The number of nitrogens with zero attached hydrogens (tertiary/aromatic N) is 2. The van der Waals surface area contributed by atoms with Gasteiger partial charge in [0.15, 0.2) is 5.13 Å². The van der Waals surface area contributed by atoms with Gasteiger partial charge in [-0.1, -0.05) is 18.2 Å². The molecule has 5 nitrogen and oxygen atoms in total. The Balaban J connectivity index is 1.54. The molecule has 0 bridgehead atoms. The van der Waals surface area contributed by atoms with Crippen LogP contribution in [0.2, 0.25) is 0 Å². The number of benzene rings is 1. The molecule has 1 aliphatic heterocycles. The van der Waals surface area contributed by atoms with Crippen LogP contribution in [0.4, 0.5) is 9.52 Å². The molecule has 7 heteroatoms. The number of hydrogen-bond acceptors (Lipinski definition) is 4. The number of thiazole rings is 1. The molecule has 2 amide bonds. The van der Waals surface area contributed by atoms with E-state index in [0.717, 1.165) is 23.4 Å². The Labute approximate surface area is 155 Å². The van der Waals surface area contributed by atoms with Crippen LogP contribution in [-0.2, 0) is 16.0 Å². The minimum absolute atomic E-state index is 0.0109. The first-order valence-electron chi connectivity index (χ1n) is 8.82. The molecule has 0 spiro atoms. The van der Waals surface area contributed by atoms with Gasteiger partial charge in [-0.05, 0) is 30.9 Å². The number of amides is 2. The van der Waals surface area contributed by atoms with Gasteiger partial charge in [0.2, 0.25) is 11.8 Å². The van der Waals surface area contributed by atoms with Gasteiger partial charge in [-0.25, -0.2) is 9.37 Å². The van der Waals surface area contributed by atoms with E-state index in [1.807, 2.05) is 6.07 Å². The summed E-state index contributed by atoms with van der Waals surface area (Å²) in [5.74, 6) is -0.0242. The fraction of sp³-hybridized carbons (Fsp3) is 0.421. The lowest BCUT2D eigenvalue weighted by atomic mass is 10.1. The lowest BCUT2D eigenvalue weighted by molar-refractivity contribution is -0.131. The summed E-state index contributed by atoms with van der Waals surface area (Å²) >= 11 is 1.41. The summed E-state index contributed by atoms with van der Waals surface area (Å²) in [7, 11) is 1.65. The molecule has 0 radical (unpaired) electrons. The van der Waals surface area contributed by atoms with Gasteiger partial charge in [0.25, 0.3) is 0 Å². The molecule has 2 aromatic rings. The van der Waals surface area contributed by atoms with Crippen LogP contribution >= 0.6 is 11.3 Å². The summed E-state index contributed by atoms with van der Waals surface area (Å²) in [5, 5.41) is 3.40. The van der Waals surface area contributed by atoms with Crippen molar-refractivity contribution in [3.8, 4) is 0 Å². The zero-order chi connectivity index (χ0) is 18.3. The molecule has 2 fully saturated rings. The third-order valence-electron chi connectivity index (χ3n) is 5.03. The predicted octanol–water partition coefficient (Wildman–Crippen LogP) is 3.31.